The summed E-state index contributed by atoms with van der Waals surface area (Å²) in [5.74, 6) is 0.835. The van der Waals surface area contributed by atoms with Gasteiger partial charge in [0.1, 0.15) is 5.75 Å². The van der Waals surface area contributed by atoms with Crippen molar-refractivity contribution < 1.29 is 4.74 Å². The second-order valence-corrected chi connectivity index (χ2v) is 4.13. The van der Waals surface area contributed by atoms with Crippen LogP contribution in [0.25, 0.3) is 11.1 Å². The first-order valence-corrected chi connectivity index (χ1v) is 5.86. The van der Waals surface area contributed by atoms with Crippen molar-refractivity contribution in [2.45, 2.75) is 6.92 Å². The normalized spacial score (nSPS) is 10.2. The highest BCUT2D eigenvalue weighted by Gasteiger charge is 2.06. The smallest absolute Gasteiger partial charge is 0.127 e. The molecule has 17 heavy (non-hydrogen) atoms. The molecule has 0 saturated carbocycles. The summed E-state index contributed by atoms with van der Waals surface area (Å²) in [6, 6.07) is 13.3. The molecule has 0 amide bonds. The van der Waals surface area contributed by atoms with E-state index < -0.39 is 0 Å². The monoisotopic (exact) mass is 247 g/mol. The zero-order valence-electron chi connectivity index (χ0n) is 9.61. The van der Waals surface area contributed by atoms with Crippen LogP contribution >= 0.6 is 11.6 Å². The Kier molecular flexibility index (Phi) is 3.55. The largest absolute Gasteiger partial charge is 0.493 e. The second kappa shape index (κ2) is 5.11. The summed E-state index contributed by atoms with van der Waals surface area (Å²) in [5, 5.41) is 0.695. The number of halogens is 1. The summed E-state index contributed by atoms with van der Waals surface area (Å²) in [7, 11) is 0. The zero-order valence-corrected chi connectivity index (χ0v) is 10.4. The van der Waals surface area contributed by atoms with Crippen LogP contribution in [-0.4, -0.2) is 6.61 Å². The van der Waals surface area contributed by atoms with Gasteiger partial charge < -0.3 is 10.5 Å². The van der Waals surface area contributed by atoms with E-state index in [1.54, 1.807) is 0 Å². The number of rotatable bonds is 3. The SMILES string of the molecule is CCOc1ccc(Cl)cc1-c1ccc(N)cc1. The first-order valence-electron chi connectivity index (χ1n) is 5.49. The summed E-state index contributed by atoms with van der Waals surface area (Å²) in [4.78, 5) is 0. The van der Waals surface area contributed by atoms with Gasteiger partial charge in [0.05, 0.1) is 6.61 Å². The summed E-state index contributed by atoms with van der Waals surface area (Å²) in [6.45, 7) is 2.59. The van der Waals surface area contributed by atoms with Gasteiger partial charge in [-0.1, -0.05) is 23.7 Å². The van der Waals surface area contributed by atoms with Crippen molar-refractivity contribution in [3.8, 4) is 16.9 Å². The average molecular weight is 248 g/mol. The van der Waals surface area contributed by atoms with Crippen molar-refractivity contribution in [1.82, 2.24) is 0 Å². The molecule has 0 saturated heterocycles. The first-order chi connectivity index (χ1) is 8.20. The Balaban J connectivity index is 2.48. The third-order valence-electron chi connectivity index (χ3n) is 2.46. The molecule has 88 valence electrons. The molecule has 0 aliphatic heterocycles. The molecule has 0 aliphatic rings. The quantitative estimate of drug-likeness (QED) is 0.833. The van der Waals surface area contributed by atoms with Crippen LogP contribution < -0.4 is 10.5 Å². The third-order valence-corrected chi connectivity index (χ3v) is 2.70. The number of hydrogen-bond donors (Lipinski definition) is 1. The van der Waals surface area contributed by atoms with E-state index in [4.69, 9.17) is 22.1 Å². The summed E-state index contributed by atoms with van der Waals surface area (Å²) < 4.78 is 5.59. The van der Waals surface area contributed by atoms with E-state index in [0.29, 0.717) is 11.6 Å². The molecule has 2 aromatic carbocycles. The molecular weight excluding hydrogens is 234 g/mol. The molecule has 0 bridgehead atoms. The maximum atomic E-state index is 6.02. The molecule has 2 nitrogen and oxygen atoms in total. The molecule has 2 rings (SSSR count). The summed E-state index contributed by atoms with van der Waals surface area (Å²) in [5.41, 5.74) is 8.45. The lowest BCUT2D eigenvalue weighted by molar-refractivity contribution is 0.341. The van der Waals surface area contributed by atoms with E-state index >= 15 is 0 Å². The van der Waals surface area contributed by atoms with Gasteiger partial charge in [0.2, 0.25) is 0 Å². The lowest BCUT2D eigenvalue weighted by Crippen LogP contribution is -1.94. The van der Waals surface area contributed by atoms with Gasteiger partial charge >= 0.3 is 0 Å². The predicted octanol–water partition coefficient (Wildman–Crippen LogP) is 3.99. The molecule has 0 aromatic heterocycles. The summed E-state index contributed by atoms with van der Waals surface area (Å²) >= 11 is 6.02. The maximum absolute atomic E-state index is 6.02. The molecular formula is C14H14ClNO. The number of hydrogen-bond acceptors (Lipinski definition) is 2. The van der Waals surface area contributed by atoms with Crippen LogP contribution in [0, 0.1) is 0 Å². The van der Waals surface area contributed by atoms with Crippen LogP contribution in [0.3, 0.4) is 0 Å². The minimum absolute atomic E-state index is 0.629. The van der Waals surface area contributed by atoms with E-state index in [1.807, 2.05) is 49.4 Å². The Labute approximate surface area is 106 Å². The third kappa shape index (κ3) is 2.71. The number of ether oxygens (including phenoxy) is 1. The molecule has 3 heteroatoms. The fourth-order valence-corrected chi connectivity index (χ4v) is 1.84. The van der Waals surface area contributed by atoms with E-state index in [1.165, 1.54) is 0 Å². The van der Waals surface area contributed by atoms with Gasteiger partial charge in [-0.15, -0.1) is 0 Å². The van der Waals surface area contributed by atoms with Crippen LogP contribution in [0.15, 0.2) is 42.5 Å². The standard InChI is InChI=1S/C14H14ClNO/c1-2-17-14-8-5-11(15)9-13(14)10-3-6-12(16)7-4-10/h3-9H,2,16H2,1H3. The van der Waals surface area contributed by atoms with E-state index in [9.17, 15) is 0 Å². The Morgan fingerprint density at radius 3 is 2.47 bits per heavy atom. The zero-order chi connectivity index (χ0) is 12.3. The van der Waals surface area contributed by atoms with Crippen LogP contribution in [-0.2, 0) is 0 Å². The number of anilines is 1. The van der Waals surface area contributed by atoms with Crippen LogP contribution in [0.1, 0.15) is 6.92 Å². The van der Waals surface area contributed by atoms with E-state index in [-0.39, 0.29) is 0 Å². The fraction of sp³-hybridized carbons (Fsp3) is 0.143. The van der Waals surface area contributed by atoms with Crippen molar-refractivity contribution >= 4 is 17.3 Å². The van der Waals surface area contributed by atoms with E-state index in [0.717, 1.165) is 22.6 Å². The molecule has 0 heterocycles. The van der Waals surface area contributed by atoms with Crippen LogP contribution in [0.2, 0.25) is 5.02 Å². The first kappa shape index (κ1) is 11.8. The molecule has 2 N–H and O–H groups in total. The Morgan fingerprint density at radius 2 is 1.82 bits per heavy atom. The molecule has 0 fully saturated rings. The van der Waals surface area contributed by atoms with Crippen molar-refractivity contribution in [2.24, 2.45) is 0 Å². The highest BCUT2D eigenvalue weighted by atomic mass is 35.5. The highest BCUT2D eigenvalue weighted by Crippen LogP contribution is 2.32. The number of benzene rings is 2. The van der Waals surface area contributed by atoms with Crippen LogP contribution in [0.4, 0.5) is 5.69 Å². The van der Waals surface area contributed by atoms with Crippen molar-refractivity contribution in [1.29, 1.82) is 0 Å². The Hall–Kier alpha value is -1.67. The van der Waals surface area contributed by atoms with Gasteiger partial charge in [-0.3, -0.25) is 0 Å². The molecule has 0 aliphatic carbocycles. The minimum atomic E-state index is 0.629. The van der Waals surface area contributed by atoms with Gasteiger partial charge in [-0.05, 0) is 42.8 Å². The van der Waals surface area contributed by atoms with Crippen molar-refractivity contribution in [2.75, 3.05) is 12.3 Å². The van der Waals surface area contributed by atoms with Crippen LogP contribution in [0.5, 0.6) is 5.75 Å². The Morgan fingerprint density at radius 1 is 1.12 bits per heavy atom. The van der Waals surface area contributed by atoms with Gasteiger partial charge in [0.15, 0.2) is 0 Å². The van der Waals surface area contributed by atoms with Gasteiger partial charge in [-0.25, -0.2) is 0 Å². The number of nitrogens with two attached hydrogens (primary N) is 1. The number of nitrogen functional groups attached to an aromatic ring is 1. The molecule has 0 atom stereocenters. The average Bonchev–Trinajstić information content (AvgIpc) is 2.33. The second-order valence-electron chi connectivity index (χ2n) is 3.70. The lowest BCUT2D eigenvalue weighted by atomic mass is 10.0. The van der Waals surface area contributed by atoms with Gasteiger partial charge in [-0.2, -0.15) is 0 Å². The van der Waals surface area contributed by atoms with Gasteiger partial charge in [0.25, 0.3) is 0 Å². The minimum Gasteiger partial charge on any atom is -0.493 e. The van der Waals surface area contributed by atoms with Crippen molar-refractivity contribution in [3.63, 3.8) is 0 Å². The lowest BCUT2D eigenvalue weighted by Gasteiger charge is -2.11. The molecule has 2 aromatic rings. The predicted molar refractivity (Wildman–Crippen MR) is 72.5 cm³/mol. The molecule has 0 spiro atoms. The fourth-order valence-electron chi connectivity index (χ4n) is 1.67. The molecule has 0 radical (unpaired) electrons. The topological polar surface area (TPSA) is 35.2 Å². The van der Waals surface area contributed by atoms with Gasteiger partial charge in [0, 0.05) is 16.3 Å². The highest BCUT2D eigenvalue weighted by molar-refractivity contribution is 6.31. The maximum Gasteiger partial charge on any atom is 0.127 e. The Bertz CT molecular complexity index is 508. The molecule has 0 unspecified atom stereocenters. The van der Waals surface area contributed by atoms with Crippen molar-refractivity contribution in [3.05, 3.63) is 47.5 Å². The van der Waals surface area contributed by atoms with E-state index in [2.05, 4.69) is 0 Å². The summed E-state index contributed by atoms with van der Waals surface area (Å²) in [6.07, 6.45) is 0.